The molecule has 3 aromatic rings. The van der Waals surface area contributed by atoms with Crippen molar-refractivity contribution in [2.75, 3.05) is 27.3 Å². The Kier molecular flexibility index (Phi) is 7.56. The lowest BCUT2D eigenvalue weighted by Crippen LogP contribution is -2.31. The number of fused-ring (bicyclic) bond motifs is 1. The molecule has 2 aromatic carbocycles. The maximum Gasteiger partial charge on any atom is 0.257 e. The molecule has 1 aliphatic rings. The number of nitrogens with one attached hydrogen (secondary N) is 1. The average molecular weight is 476 g/mol. The zero-order valence-corrected chi connectivity index (χ0v) is 20.9. The van der Waals surface area contributed by atoms with Crippen LogP contribution >= 0.6 is 0 Å². The van der Waals surface area contributed by atoms with E-state index in [1.807, 2.05) is 24.3 Å². The number of methoxy groups -OCH3 is 2. The predicted octanol–water partition coefficient (Wildman–Crippen LogP) is 3.47. The molecule has 1 aliphatic heterocycles. The first-order chi connectivity index (χ1) is 16.9. The Hall–Kier alpha value is -3.58. The van der Waals surface area contributed by atoms with Gasteiger partial charge in [-0.3, -0.25) is 14.5 Å². The number of pyridine rings is 1. The second kappa shape index (κ2) is 10.8. The quantitative estimate of drug-likeness (QED) is 0.567. The highest BCUT2D eigenvalue weighted by Gasteiger charge is 2.25. The molecular formula is C28H33N3O4. The Labute approximate surface area is 206 Å². The first-order valence-electron chi connectivity index (χ1n) is 11.9. The zero-order valence-electron chi connectivity index (χ0n) is 20.9. The molecule has 0 atom stereocenters. The minimum atomic E-state index is -0.246. The molecule has 7 heteroatoms. The molecule has 0 radical (unpaired) electrons. The Morgan fingerprint density at radius 2 is 1.74 bits per heavy atom. The third kappa shape index (κ3) is 5.57. The molecule has 184 valence electrons. The summed E-state index contributed by atoms with van der Waals surface area (Å²) in [6, 6.07) is 15.5. The molecule has 1 N–H and O–H groups in total. The van der Waals surface area contributed by atoms with Crippen LogP contribution in [0.25, 0.3) is 0 Å². The van der Waals surface area contributed by atoms with Gasteiger partial charge < -0.3 is 19.4 Å². The lowest BCUT2D eigenvalue weighted by molar-refractivity contribution is 0.0945. The van der Waals surface area contributed by atoms with E-state index in [1.165, 1.54) is 29.9 Å². The number of rotatable bonds is 7. The van der Waals surface area contributed by atoms with Gasteiger partial charge in [-0.1, -0.05) is 35.9 Å². The van der Waals surface area contributed by atoms with Gasteiger partial charge in [0, 0.05) is 50.9 Å². The summed E-state index contributed by atoms with van der Waals surface area (Å²) in [6.07, 6.45) is 0.586. The zero-order chi connectivity index (χ0) is 24.9. The van der Waals surface area contributed by atoms with E-state index in [0.29, 0.717) is 30.8 Å². The maximum absolute atomic E-state index is 13.3. The summed E-state index contributed by atoms with van der Waals surface area (Å²) in [5.41, 5.74) is 5.78. The van der Waals surface area contributed by atoms with Crippen LogP contribution in [0.2, 0.25) is 0 Å². The van der Waals surface area contributed by atoms with Gasteiger partial charge >= 0.3 is 0 Å². The van der Waals surface area contributed by atoms with Crippen LogP contribution in [0.15, 0.2) is 53.3 Å². The number of carbonyl (C=O) groups is 1. The summed E-state index contributed by atoms with van der Waals surface area (Å²) >= 11 is 0. The van der Waals surface area contributed by atoms with Gasteiger partial charge in [-0.15, -0.1) is 0 Å². The monoisotopic (exact) mass is 475 g/mol. The fraction of sp³-hybridized carbons (Fsp3) is 0.357. The standard InChI is InChI=1S/C28H33N3O4/c1-19-5-8-22(20(2)15-19)18-30-12-11-24-27(25(35-4)16-26(32)31(24)14-13-30)28(33)29-17-21-6-9-23(34-3)10-7-21/h5-10,15-16H,11-14,17-18H2,1-4H3,(H,29,33). The highest BCUT2D eigenvalue weighted by molar-refractivity contribution is 5.98. The summed E-state index contributed by atoms with van der Waals surface area (Å²) in [5, 5.41) is 2.99. The number of nitrogens with zero attached hydrogens (tertiary/aromatic N) is 2. The number of benzene rings is 2. The molecule has 0 spiro atoms. The largest absolute Gasteiger partial charge is 0.497 e. The van der Waals surface area contributed by atoms with E-state index in [0.717, 1.165) is 36.6 Å². The predicted molar refractivity (Wildman–Crippen MR) is 136 cm³/mol. The Balaban J connectivity index is 1.55. The van der Waals surface area contributed by atoms with E-state index in [4.69, 9.17) is 9.47 Å². The molecule has 0 fully saturated rings. The highest BCUT2D eigenvalue weighted by atomic mass is 16.5. The van der Waals surface area contributed by atoms with E-state index in [9.17, 15) is 9.59 Å². The van der Waals surface area contributed by atoms with Crippen LogP contribution in [0.1, 0.15) is 38.3 Å². The molecule has 1 amide bonds. The van der Waals surface area contributed by atoms with Crippen LogP contribution in [-0.2, 0) is 26.1 Å². The third-order valence-electron chi connectivity index (χ3n) is 6.64. The summed E-state index contributed by atoms with van der Waals surface area (Å²) in [7, 11) is 3.12. The Morgan fingerprint density at radius 1 is 0.971 bits per heavy atom. The Bertz CT molecular complexity index is 1260. The van der Waals surface area contributed by atoms with E-state index in [2.05, 4.69) is 42.3 Å². The molecule has 1 aromatic heterocycles. The molecule has 0 saturated carbocycles. The number of hydrogen-bond donors (Lipinski definition) is 1. The van der Waals surface area contributed by atoms with E-state index in [1.54, 1.807) is 11.7 Å². The van der Waals surface area contributed by atoms with Gasteiger partial charge in [0.2, 0.25) is 0 Å². The van der Waals surface area contributed by atoms with E-state index in [-0.39, 0.29) is 11.5 Å². The fourth-order valence-electron chi connectivity index (χ4n) is 4.64. The van der Waals surface area contributed by atoms with Crippen LogP contribution in [-0.4, -0.2) is 42.7 Å². The van der Waals surface area contributed by atoms with Crippen molar-refractivity contribution in [3.05, 3.63) is 92.4 Å². The van der Waals surface area contributed by atoms with Gasteiger partial charge in [-0.25, -0.2) is 0 Å². The molecule has 0 aliphatic carbocycles. The molecule has 0 unspecified atom stereocenters. The van der Waals surface area contributed by atoms with Gasteiger partial charge in [-0.2, -0.15) is 0 Å². The van der Waals surface area contributed by atoms with Gasteiger partial charge in [-0.05, 0) is 42.7 Å². The van der Waals surface area contributed by atoms with Crippen LogP contribution in [0.4, 0.5) is 0 Å². The Morgan fingerprint density at radius 3 is 2.43 bits per heavy atom. The van der Waals surface area contributed by atoms with Crippen molar-refractivity contribution in [3.8, 4) is 11.5 Å². The second-order valence-corrected chi connectivity index (χ2v) is 9.01. The fourth-order valence-corrected chi connectivity index (χ4v) is 4.64. The van der Waals surface area contributed by atoms with Gasteiger partial charge in [0.1, 0.15) is 17.1 Å². The number of aromatic nitrogens is 1. The minimum absolute atomic E-state index is 0.142. The maximum atomic E-state index is 13.3. The lowest BCUT2D eigenvalue weighted by Gasteiger charge is -2.20. The minimum Gasteiger partial charge on any atom is -0.497 e. The molecule has 7 nitrogen and oxygen atoms in total. The van der Waals surface area contributed by atoms with Crippen molar-refractivity contribution in [2.45, 2.75) is 39.9 Å². The molecule has 0 saturated heterocycles. The highest BCUT2D eigenvalue weighted by Crippen LogP contribution is 2.24. The van der Waals surface area contributed by atoms with Crippen molar-refractivity contribution in [1.82, 2.24) is 14.8 Å². The summed E-state index contributed by atoms with van der Waals surface area (Å²) in [5.74, 6) is 0.834. The van der Waals surface area contributed by atoms with Crippen LogP contribution in [0.3, 0.4) is 0 Å². The third-order valence-corrected chi connectivity index (χ3v) is 6.64. The summed E-state index contributed by atoms with van der Waals surface area (Å²) in [6.45, 7) is 7.42. The molecule has 4 rings (SSSR count). The lowest BCUT2D eigenvalue weighted by atomic mass is 10.0. The molecular weight excluding hydrogens is 442 g/mol. The van der Waals surface area contributed by atoms with Crippen molar-refractivity contribution >= 4 is 5.91 Å². The molecule has 0 bridgehead atoms. The normalized spacial score (nSPS) is 13.6. The smallest absolute Gasteiger partial charge is 0.257 e. The second-order valence-electron chi connectivity index (χ2n) is 9.01. The average Bonchev–Trinajstić information content (AvgIpc) is 3.07. The first-order valence-corrected chi connectivity index (χ1v) is 11.9. The number of amides is 1. The molecule has 2 heterocycles. The van der Waals surface area contributed by atoms with E-state index < -0.39 is 0 Å². The van der Waals surface area contributed by atoms with Gasteiger partial charge in [0.15, 0.2) is 0 Å². The van der Waals surface area contributed by atoms with Crippen molar-refractivity contribution in [3.63, 3.8) is 0 Å². The van der Waals surface area contributed by atoms with Crippen molar-refractivity contribution < 1.29 is 14.3 Å². The van der Waals surface area contributed by atoms with Crippen molar-refractivity contribution in [1.29, 1.82) is 0 Å². The summed E-state index contributed by atoms with van der Waals surface area (Å²) in [4.78, 5) is 28.6. The SMILES string of the molecule is COc1ccc(CNC(=O)c2c(OC)cc(=O)n3c2CCN(Cc2ccc(C)cc2C)CC3)cc1. The topological polar surface area (TPSA) is 72.8 Å². The number of ether oxygens (including phenoxy) is 2. The number of carbonyl (C=O) groups excluding carboxylic acids is 1. The first kappa shape index (κ1) is 24.5. The molecule has 35 heavy (non-hydrogen) atoms. The van der Waals surface area contributed by atoms with Crippen LogP contribution in [0, 0.1) is 13.8 Å². The number of hydrogen-bond acceptors (Lipinski definition) is 5. The number of aryl methyl sites for hydroxylation is 2. The van der Waals surface area contributed by atoms with Crippen LogP contribution < -0.4 is 20.3 Å². The van der Waals surface area contributed by atoms with E-state index >= 15 is 0 Å². The summed E-state index contributed by atoms with van der Waals surface area (Å²) < 4.78 is 12.4. The van der Waals surface area contributed by atoms with Gasteiger partial charge in [0.05, 0.1) is 14.2 Å². The van der Waals surface area contributed by atoms with Gasteiger partial charge in [0.25, 0.3) is 11.5 Å². The van der Waals surface area contributed by atoms with Crippen molar-refractivity contribution in [2.24, 2.45) is 0 Å². The van der Waals surface area contributed by atoms with Crippen LogP contribution in [0.5, 0.6) is 11.5 Å².